The quantitative estimate of drug-likeness (QED) is 0.889. The van der Waals surface area contributed by atoms with Gasteiger partial charge in [-0.25, -0.2) is 0 Å². The maximum atomic E-state index is 12.5. The molecule has 2 saturated heterocycles. The molecule has 0 aromatic carbocycles. The predicted molar refractivity (Wildman–Crippen MR) is 74.0 cm³/mol. The second kappa shape index (κ2) is 4.66. The van der Waals surface area contributed by atoms with E-state index in [9.17, 15) is 9.59 Å². The highest BCUT2D eigenvalue weighted by Crippen LogP contribution is 2.39. The van der Waals surface area contributed by atoms with Crippen LogP contribution in [0.2, 0.25) is 0 Å². The van der Waals surface area contributed by atoms with E-state index in [1.807, 2.05) is 6.07 Å². The van der Waals surface area contributed by atoms with Gasteiger partial charge < -0.3 is 9.64 Å². The molecule has 0 bridgehead atoms. The van der Waals surface area contributed by atoms with Gasteiger partial charge in [0.25, 0.3) is 5.91 Å². The van der Waals surface area contributed by atoms with Crippen LogP contribution >= 0.6 is 0 Å². The first-order chi connectivity index (χ1) is 10.2. The Bertz CT molecular complexity index is 585. The van der Waals surface area contributed by atoms with Crippen molar-refractivity contribution in [2.75, 3.05) is 19.7 Å². The van der Waals surface area contributed by atoms with Crippen molar-refractivity contribution in [3.63, 3.8) is 0 Å². The Morgan fingerprint density at radius 3 is 2.95 bits per heavy atom. The molecular formula is C15H19N3O3. The topological polar surface area (TPSA) is 75.3 Å². The molecule has 0 unspecified atom stereocenters. The third kappa shape index (κ3) is 2.18. The molecule has 0 radical (unpaired) electrons. The molecule has 21 heavy (non-hydrogen) atoms. The van der Waals surface area contributed by atoms with Crippen LogP contribution in [0, 0.1) is 0 Å². The van der Waals surface area contributed by atoms with Gasteiger partial charge in [0, 0.05) is 31.2 Å². The highest BCUT2D eigenvalue weighted by Gasteiger charge is 2.46. The molecule has 1 N–H and O–H groups in total. The van der Waals surface area contributed by atoms with E-state index in [-0.39, 0.29) is 18.2 Å². The standard InChI is InChI=1S/C15H19N3O3/c19-13-9-18(6-5-15(13)4-1-7-21-15)14(20)12-8-11(16-17-12)10-2-3-10/h8,10H,1-7,9H2,(H,16,17)/t15-/m0/s1. The Kier molecular flexibility index (Phi) is 2.89. The third-order valence-corrected chi connectivity index (χ3v) is 4.85. The fraction of sp³-hybridized carbons (Fsp3) is 0.667. The fourth-order valence-corrected chi connectivity index (χ4v) is 3.35. The molecule has 3 fully saturated rings. The lowest BCUT2D eigenvalue weighted by Crippen LogP contribution is -2.53. The molecule has 2 aliphatic heterocycles. The minimum atomic E-state index is -0.610. The van der Waals surface area contributed by atoms with E-state index in [0.29, 0.717) is 31.2 Å². The molecule has 4 rings (SSSR count). The summed E-state index contributed by atoms with van der Waals surface area (Å²) in [5.74, 6) is 0.425. The maximum absolute atomic E-state index is 12.5. The Morgan fingerprint density at radius 1 is 1.43 bits per heavy atom. The molecule has 1 aromatic heterocycles. The second-order valence-corrected chi connectivity index (χ2v) is 6.33. The van der Waals surface area contributed by atoms with Crippen LogP contribution in [-0.4, -0.2) is 52.1 Å². The lowest BCUT2D eigenvalue weighted by atomic mass is 9.87. The van der Waals surface area contributed by atoms with Crippen LogP contribution < -0.4 is 0 Å². The van der Waals surface area contributed by atoms with E-state index in [2.05, 4.69) is 10.2 Å². The van der Waals surface area contributed by atoms with Crippen LogP contribution in [0.25, 0.3) is 0 Å². The van der Waals surface area contributed by atoms with Crippen molar-refractivity contribution in [3.8, 4) is 0 Å². The molecule has 1 spiro atoms. The first-order valence-electron chi connectivity index (χ1n) is 7.70. The molecule has 1 saturated carbocycles. The number of likely N-dealkylation sites (tertiary alicyclic amines) is 1. The summed E-state index contributed by atoms with van der Waals surface area (Å²) in [4.78, 5) is 26.4. The zero-order chi connectivity index (χ0) is 14.4. The van der Waals surface area contributed by atoms with E-state index >= 15 is 0 Å². The summed E-state index contributed by atoms with van der Waals surface area (Å²) in [5, 5.41) is 7.05. The van der Waals surface area contributed by atoms with E-state index in [0.717, 1.165) is 31.4 Å². The monoisotopic (exact) mass is 289 g/mol. The summed E-state index contributed by atoms with van der Waals surface area (Å²) < 4.78 is 5.66. The van der Waals surface area contributed by atoms with Crippen molar-refractivity contribution in [1.82, 2.24) is 15.1 Å². The highest BCUT2D eigenvalue weighted by molar-refractivity contribution is 5.98. The first kappa shape index (κ1) is 13.0. The van der Waals surface area contributed by atoms with Crippen molar-refractivity contribution in [2.45, 2.75) is 43.6 Å². The van der Waals surface area contributed by atoms with Gasteiger partial charge in [-0.1, -0.05) is 0 Å². The van der Waals surface area contributed by atoms with Crippen LogP contribution in [0.4, 0.5) is 0 Å². The number of piperidine rings is 1. The lowest BCUT2D eigenvalue weighted by molar-refractivity contribution is -0.144. The van der Waals surface area contributed by atoms with Crippen LogP contribution in [0.5, 0.6) is 0 Å². The number of carbonyl (C=O) groups excluding carboxylic acids is 2. The Labute approximate surface area is 122 Å². The molecule has 1 aromatic rings. The molecule has 3 heterocycles. The number of Topliss-reactive ketones (excluding diaryl/α,β-unsaturated/α-hetero) is 1. The number of nitrogens with one attached hydrogen (secondary N) is 1. The SMILES string of the molecule is O=C(c1cc(C2CC2)[nH]n1)N1CC[C@@]2(CCCO2)C(=O)C1. The summed E-state index contributed by atoms with van der Waals surface area (Å²) in [6.07, 6.45) is 4.67. The largest absolute Gasteiger partial charge is 0.367 e. The lowest BCUT2D eigenvalue weighted by Gasteiger charge is -2.36. The summed E-state index contributed by atoms with van der Waals surface area (Å²) in [7, 11) is 0. The van der Waals surface area contributed by atoms with Gasteiger partial charge >= 0.3 is 0 Å². The van der Waals surface area contributed by atoms with E-state index < -0.39 is 5.60 Å². The van der Waals surface area contributed by atoms with Crippen LogP contribution in [0.15, 0.2) is 6.07 Å². The molecule has 6 heteroatoms. The zero-order valence-electron chi connectivity index (χ0n) is 11.9. The van der Waals surface area contributed by atoms with Gasteiger partial charge in [-0.2, -0.15) is 5.10 Å². The number of carbonyl (C=O) groups is 2. The molecule has 1 amide bonds. The predicted octanol–water partition coefficient (Wildman–Crippen LogP) is 1.25. The number of H-pyrrole nitrogens is 1. The Balaban J connectivity index is 1.46. The fourth-order valence-electron chi connectivity index (χ4n) is 3.35. The Morgan fingerprint density at radius 2 is 2.29 bits per heavy atom. The molecule has 112 valence electrons. The smallest absolute Gasteiger partial charge is 0.274 e. The third-order valence-electron chi connectivity index (χ3n) is 4.85. The first-order valence-corrected chi connectivity index (χ1v) is 7.70. The van der Waals surface area contributed by atoms with Crippen molar-refractivity contribution >= 4 is 11.7 Å². The minimum Gasteiger partial charge on any atom is -0.367 e. The zero-order valence-corrected chi connectivity index (χ0v) is 11.9. The van der Waals surface area contributed by atoms with E-state index in [1.54, 1.807) is 4.90 Å². The average Bonchev–Trinajstić information content (AvgIpc) is 3.03. The van der Waals surface area contributed by atoms with Gasteiger partial charge in [0.1, 0.15) is 11.3 Å². The minimum absolute atomic E-state index is 0.0394. The number of ketones is 1. The number of amides is 1. The molecule has 1 atom stereocenters. The molecule has 1 aliphatic carbocycles. The van der Waals surface area contributed by atoms with Crippen molar-refractivity contribution in [3.05, 3.63) is 17.5 Å². The van der Waals surface area contributed by atoms with Gasteiger partial charge in [-0.15, -0.1) is 0 Å². The number of nitrogens with zero attached hydrogens (tertiary/aromatic N) is 2. The number of rotatable bonds is 2. The molecule has 6 nitrogen and oxygen atoms in total. The number of ether oxygens (including phenoxy) is 1. The summed E-state index contributed by atoms with van der Waals surface area (Å²) in [6.45, 7) is 1.37. The van der Waals surface area contributed by atoms with Crippen molar-refractivity contribution in [1.29, 1.82) is 0 Å². The number of aromatic amines is 1. The van der Waals surface area contributed by atoms with Crippen LogP contribution in [0.3, 0.4) is 0 Å². The van der Waals surface area contributed by atoms with Gasteiger partial charge in [-0.3, -0.25) is 14.7 Å². The summed E-state index contributed by atoms with van der Waals surface area (Å²) in [6, 6.07) is 1.83. The molecule has 3 aliphatic rings. The van der Waals surface area contributed by atoms with Gasteiger partial charge in [0.2, 0.25) is 0 Å². The average molecular weight is 289 g/mol. The van der Waals surface area contributed by atoms with E-state index in [4.69, 9.17) is 4.74 Å². The number of aromatic nitrogens is 2. The second-order valence-electron chi connectivity index (χ2n) is 6.33. The number of hydrogen-bond acceptors (Lipinski definition) is 4. The van der Waals surface area contributed by atoms with Gasteiger partial charge in [0.15, 0.2) is 5.78 Å². The van der Waals surface area contributed by atoms with Crippen LogP contribution in [0.1, 0.15) is 54.2 Å². The van der Waals surface area contributed by atoms with Crippen molar-refractivity contribution in [2.24, 2.45) is 0 Å². The summed E-state index contributed by atoms with van der Waals surface area (Å²) in [5.41, 5.74) is 0.854. The number of hydrogen-bond donors (Lipinski definition) is 1. The van der Waals surface area contributed by atoms with Gasteiger partial charge in [-0.05, 0) is 31.7 Å². The van der Waals surface area contributed by atoms with Crippen molar-refractivity contribution < 1.29 is 14.3 Å². The van der Waals surface area contributed by atoms with Gasteiger partial charge in [0.05, 0.1) is 6.54 Å². The van der Waals surface area contributed by atoms with Crippen LogP contribution in [-0.2, 0) is 9.53 Å². The normalized spacial score (nSPS) is 29.3. The van der Waals surface area contributed by atoms with E-state index in [1.165, 1.54) is 0 Å². The highest BCUT2D eigenvalue weighted by atomic mass is 16.5. The maximum Gasteiger partial charge on any atom is 0.274 e. The Hall–Kier alpha value is -1.69. The summed E-state index contributed by atoms with van der Waals surface area (Å²) >= 11 is 0. The molecular weight excluding hydrogens is 270 g/mol.